The highest BCUT2D eigenvalue weighted by atomic mass is 35.5. The molecule has 7 heteroatoms. The molecule has 0 fully saturated rings. The third kappa shape index (κ3) is 5.23. The fraction of sp³-hybridized carbons (Fsp3) is 0. The van der Waals surface area contributed by atoms with Crippen LogP contribution in [0.2, 0.25) is 5.02 Å². The number of hydrazone groups is 1. The molecule has 0 aliphatic rings. The standard InChI is InChI=1S/C20H14ClN3O3/c21-17-5-1-3-15(11-17)20(26)27-18-8-6-14(7-9-18)12-23-24-19(25)16-4-2-10-22-13-16/h1-13H,(H,24,25). The zero-order valence-corrected chi connectivity index (χ0v) is 14.8. The summed E-state index contributed by atoms with van der Waals surface area (Å²) in [6.45, 7) is 0. The fourth-order valence-electron chi connectivity index (χ4n) is 2.13. The van der Waals surface area contributed by atoms with Gasteiger partial charge in [-0.15, -0.1) is 0 Å². The second-order valence-electron chi connectivity index (χ2n) is 5.41. The summed E-state index contributed by atoms with van der Waals surface area (Å²) < 4.78 is 5.29. The van der Waals surface area contributed by atoms with Gasteiger partial charge in [0, 0.05) is 17.4 Å². The van der Waals surface area contributed by atoms with E-state index >= 15 is 0 Å². The second kappa shape index (κ2) is 8.73. The largest absolute Gasteiger partial charge is 0.423 e. The Morgan fingerprint density at radius 2 is 1.81 bits per heavy atom. The van der Waals surface area contributed by atoms with E-state index < -0.39 is 5.97 Å². The molecular formula is C20H14ClN3O3. The number of halogens is 1. The lowest BCUT2D eigenvalue weighted by Gasteiger charge is -2.05. The van der Waals surface area contributed by atoms with Gasteiger partial charge in [-0.3, -0.25) is 9.78 Å². The number of ether oxygens (including phenoxy) is 1. The molecule has 0 bridgehead atoms. The van der Waals surface area contributed by atoms with E-state index in [1.807, 2.05) is 0 Å². The van der Waals surface area contributed by atoms with Crippen LogP contribution >= 0.6 is 11.6 Å². The second-order valence-corrected chi connectivity index (χ2v) is 5.85. The van der Waals surface area contributed by atoms with Gasteiger partial charge in [0.1, 0.15) is 5.75 Å². The summed E-state index contributed by atoms with van der Waals surface area (Å²) in [5.41, 5.74) is 3.92. The van der Waals surface area contributed by atoms with Gasteiger partial charge >= 0.3 is 5.97 Å². The molecule has 0 saturated heterocycles. The monoisotopic (exact) mass is 379 g/mol. The lowest BCUT2D eigenvalue weighted by Crippen LogP contribution is -2.17. The van der Waals surface area contributed by atoms with Crippen LogP contribution in [0.5, 0.6) is 5.75 Å². The van der Waals surface area contributed by atoms with E-state index in [4.69, 9.17) is 16.3 Å². The molecule has 1 aromatic heterocycles. The van der Waals surface area contributed by atoms with Gasteiger partial charge in [0.2, 0.25) is 0 Å². The van der Waals surface area contributed by atoms with Crippen molar-refractivity contribution in [1.82, 2.24) is 10.4 Å². The van der Waals surface area contributed by atoms with E-state index in [2.05, 4.69) is 15.5 Å². The molecule has 27 heavy (non-hydrogen) atoms. The van der Waals surface area contributed by atoms with Crippen molar-refractivity contribution in [2.75, 3.05) is 0 Å². The molecule has 134 valence electrons. The number of hydrogen-bond acceptors (Lipinski definition) is 5. The molecule has 2 aromatic carbocycles. The number of esters is 1. The molecule has 0 unspecified atom stereocenters. The summed E-state index contributed by atoms with van der Waals surface area (Å²) in [5, 5.41) is 4.35. The first-order chi connectivity index (χ1) is 13.1. The first-order valence-corrected chi connectivity index (χ1v) is 8.31. The van der Waals surface area contributed by atoms with Crippen LogP contribution in [-0.2, 0) is 0 Å². The van der Waals surface area contributed by atoms with Crippen LogP contribution in [0.1, 0.15) is 26.3 Å². The maximum Gasteiger partial charge on any atom is 0.343 e. The number of carbonyl (C=O) groups is 2. The Morgan fingerprint density at radius 3 is 2.52 bits per heavy atom. The Hall–Kier alpha value is -3.51. The lowest BCUT2D eigenvalue weighted by atomic mass is 10.2. The molecule has 3 rings (SSSR count). The van der Waals surface area contributed by atoms with Crippen molar-refractivity contribution in [3.8, 4) is 5.75 Å². The minimum Gasteiger partial charge on any atom is -0.423 e. The number of nitrogens with one attached hydrogen (secondary N) is 1. The summed E-state index contributed by atoms with van der Waals surface area (Å²) in [7, 11) is 0. The van der Waals surface area contributed by atoms with E-state index in [9.17, 15) is 9.59 Å². The van der Waals surface area contributed by atoms with Crippen molar-refractivity contribution in [2.24, 2.45) is 5.10 Å². The topological polar surface area (TPSA) is 80.6 Å². The van der Waals surface area contributed by atoms with Crippen molar-refractivity contribution >= 4 is 29.7 Å². The molecule has 1 heterocycles. The van der Waals surface area contributed by atoms with Crippen LogP contribution in [-0.4, -0.2) is 23.1 Å². The first-order valence-electron chi connectivity index (χ1n) is 7.93. The van der Waals surface area contributed by atoms with Gasteiger partial charge in [0.15, 0.2) is 0 Å². The number of benzene rings is 2. The zero-order valence-electron chi connectivity index (χ0n) is 14.0. The van der Waals surface area contributed by atoms with Gasteiger partial charge in [0.25, 0.3) is 5.91 Å². The van der Waals surface area contributed by atoms with Gasteiger partial charge in [-0.1, -0.05) is 17.7 Å². The number of nitrogens with zero attached hydrogens (tertiary/aromatic N) is 2. The summed E-state index contributed by atoms with van der Waals surface area (Å²) in [6, 6.07) is 16.5. The van der Waals surface area contributed by atoms with E-state index in [1.165, 1.54) is 18.5 Å². The molecule has 1 N–H and O–H groups in total. The molecule has 0 atom stereocenters. The Morgan fingerprint density at radius 1 is 1.04 bits per heavy atom. The fourth-order valence-corrected chi connectivity index (χ4v) is 2.32. The molecule has 0 spiro atoms. The summed E-state index contributed by atoms with van der Waals surface area (Å²) in [5.74, 6) is -0.467. The molecule has 3 aromatic rings. The molecular weight excluding hydrogens is 366 g/mol. The van der Waals surface area contributed by atoms with E-state index in [-0.39, 0.29) is 5.91 Å². The van der Waals surface area contributed by atoms with Crippen molar-refractivity contribution in [2.45, 2.75) is 0 Å². The number of pyridine rings is 1. The maximum atomic E-state index is 12.1. The van der Waals surface area contributed by atoms with Crippen LogP contribution in [0, 0.1) is 0 Å². The van der Waals surface area contributed by atoms with Gasteiger partial charge in [-0.25, -0.2) is 10.2 Å². The van der Waals surface area contributed by atoms with E-state index in [1.54, 1.807) is 60.8 Å². The summed E-state index contributed by atoms with van der Waals surface area (Å²) in [4.78, 5) is 27.8. The van der Waals surface area contributed by atoms with E-state index in [0.717, 1.165) is 5.56 Å². The third-order valence-corrected chi connectivity index (χ3v) is 3.69. The van der Waals surface area contributed by atoms with Crippen molar-refractivity contribution in [3.63, 3.8) is 0 Å². The van der Waals surface area contributed by atoms with Crippen LogP contribution in [0.15, 0.2) is 78.2 Å². The highest BCUT2D eigenvalue weighted by Crippen LogP contribution is 2.16. The van der Waals surface area contributed by atoms with E-state index in [0.29, 0.717) is 21.9 Å². The van der Waals surface area contributed by atoms with Crippen molar-refractivity contribution < 1.29 is 14.3 Å². The quantitative estimate of drug-likeness (QED) is 0.317. The predicted molar refractivity (Wildman–Crippen MR) is 102 cm³/mol. The molecule has 6 nitrogen and oxygen atoms in total. The average Bonchev–Trinajstić information content (AvgIpc) is 2.70. The Kier molecular flexibility index (Phi) is 5.91. The Labute approximate surface area is 160 Å². The smallest absolute Gasteiger partial charge is 0.343 e. The number of aromatic nitrogens is 1. The number of carbonyl (C=O) groups excluding carboxylic acids is 2. The molecule has 0 saturated carbocycles. The number of hydrogen-bond donors (Lipinski definition) is 1. The summed E-state index contributed by atoms with van der Waals surface area (Å²) >= 11 is 5.87. The first kappa shape index (κ1) is 18.3. The molecule has 0 aliphatic heterocycles. The minimum absolute atomic E-state index is 0.355. The maximum absolute atomic E-state index is 12.1. The Bertz CT molecular complexity index is 973. The van der Waals surface area contributed by atoms with Crippen LogP contribution in [0.4, 0.5) is 0 Å². The van der Waals surface area contributed by atoms with Crippen molar-refractivity contribution in [1.29, 1.82) is 0 Å². The predicted octanol–water partition coefficient (Wildman–Crippen LogP) is 3.72. The molecule has 1 amide bonds. The molecule has 0 aliphatic carbocycles. The van der Waals surface area contributed by atoms with Crippen LogP contribution < -0.4 is 10.2 Å². The highest BCUT2D eigenvalue weighted by Gasteiger charge is 2.08. The van der Waals surface area contributed by atoms with Gasteiger partial charge in [-0.05, 0) is 60.2 Å². The highest BCUT2D eigenvalue weighted by molar-refractivity contribution is 6.30. The van der Waals surface area contributed by atoms with Crippen LogP contribution in [0.3, 0.4) is 0 Å². The van der Waals surface area contributed by atoms with Crippen molar-refractivity contribution in [3.05, 3.63) is 94.8 Å². The third-order valence-electron chi connectivity index (χ3n) is 3.45. The van der Waals surface area contributed by atoms with Gasteiger partial charge in [0.05, 0.1) is 17.3 Å². The summed E-state index contributed by atoms with van der Waals surface area (Å²) in [6.07, 6.45) is 4.52. The van der Waals surface area contributed by atoms with Crippen LogP contribution in [0.25, 0.3) is 0 Å². The Balaban J connectivity index is 1.57. The van der Waals surface area contributed by atoms with Gasteiger partial charge < -0.3 is 4.74 Å². The lowest BCUT2D eigenvalue weighted by molar-refractivity contribution is 0.0734. The van der Waals surface area contributed by atoms with Gasteiger partial charge in [-0.2, -0.15) is 5.10 Å². The average molecular weight is 380 g/mol. The number of amides is 1. The minimum atomic E-state index is -0.498. The zero-order chi connectivity index (χ0) is 19.1. The molecule has 0 radical (unpaired) electrons. The SMILES string of the molecule is O=C(NN=Cc1ccc(OC(=O)c2cccc(Cl)c2)cc1)c1cccnc1. The number of rotatable bonds is 5. The normalized spacial score (nSPS) is 10.6.